The van der Waals surface area contributed by atoms with E-state index in [-0.39, 0.29) is 29.8 Å². The molecule has 186 valence electrons. The average molecular weight is 506 g/mol. The van der Waals surface area contributed by atoms with Gasteiger partial charge in [0.2, 0.25) is 5.91 Å². The third-order valence-corrected chi connectivity index (χ3v) is 6.81. The highest BCUT2D eigenvalue weighted by atomic mass is 35.5. The van der Waals surface area contributed by atoms with Gasteiger partial charge in [0.15, 0.2) is 0 Å². The number of rotatable bonds is 7. The molecule has 0 spiro atoms. The zero-order valence-electron chi connectivity index (χ0n) is 20.6. The number of aliphatic imine (C=N–C) groups is 1. The molecule has 2 atom stereocenters. The van der Waals surface area contributed by atoms with Crippen molar-refractivity contribution in [1.29, 1.82) is 0 Å². The molecule has 7 heteroatoms. The molecular formula is C29H29ClFN3O2. The molecule has 0 saturated carbocycles. The van der Waals surface area contributed by atoms with Crippen molar-refractivity contribution in [2.24, 2.45) is 10.9 Å². The van der Waals surface area contributed by atoms with Gasteiger partial charge in [-0.2, -0.15) is 0 Å². The third-order valence-electron chi connectivity index (χ3n) is 6.58. The van der Waals surface area contributed by atoms with E-state index in [1.165, 1.54) is 11.0 Å². The predicted molar refractivity (Wildman–Crippen MR) is 144 cm³/mol. The first-order valence-corrected chi connectivity index (χ1v) is 12.5. The van der Waals surface area contributed by atoms with Crippen LogP contribution in [0.1, 0.15) is 43.9 Å². The first-order chi connectivity index (χ1) is 17.3. The smallest absolute Gasteiger partial charge is 0.252 e. The molecule has 0 radical (unpaired) electrons. The lowest BCUT2D eigenvalue weighted by molar-refractivity contribution is -0.123. The van der Waals surface area contributed by atoms with E-state index in [4.69, 9.17) is 16.6 Å². The standard InChI is InChI=1S/C29H29ClFN3O2/c1-4-18(3)27-29(36)34(17-26(35)32-24-13-9-6-10-19(24)5-2)25-15-14-20(30)16-22(25)28(33-27)21-11-7-8-12-23(21)31/h6-16,18,27H,4-5,17H2,1-3H3,(H,32,35)/t18-,27+/m0/s1. The van der Waals surface area contributed by atoms with Crippen molar-refractivity contribution in [2.45, 2.75) is 39.7 Å². The first kappa shape index (κ1) is 25.6. The highest BCUT2D eigenvalue weighted by Gasteiger charge is 2.36. The van der Waals surface area contributed by atoms with Crippen molar-refractivity contribution in [3.63, 3.8) is 0 Å². The van der Waals surface area contributed by atoms with Crippen LogP contribution < -0.4 is 10.2 Å². The Labute approximate surface area is 216 Å². The molecule has 0 unspecified atom stereocenters. The molecule has 0 fully saturated rings. The van der Waals surface area contributed by atoms with Crippen molar-refractivity contribution in [1.82, 2.24) is 0 Å². The van der Waals surface area contributed by atoms with Crippen LogP contribution in [0.2, 0.25) is 5.02 Å². The number of aryl methyl sites for hydroxylation is 1. The topological polar surface area (TPSA) is 61.8 Å². The molecule has 3 aromatic rings. The molecule has 3 aromatic carbocycles. The summed E-state index contributed by atoms with van der Waals surface area (Å²) in [6, 6.07) is 18.2. The average Bonchev–Trinajstić information content (AvgIpc) is 2.99. The summed E-state index contributed by atoms with van der Waals surface area (Å²) < 4.78 is 15.0. The molecule has 5 nitrogen and oxygen atoms in total. The number of carbonyl (C=O) groups excluding carboxylic acids is 2. The maximum Gasteiger partial charge on any atom is 0.252 e. The number of para-hydroxylation sites is 1. The summed E-state index contributed by atoms with van der Waals surface area (Å²) in [6.07, 6.45) is 1.45. The molecule has 2 amide bonds. The highest BCUT2D eigenvalue weighted by Crippen LogP contribution is 2.33. The van der Waals surface area contributed by atoms with Gasteiger partial charge in [-0.25, -0.2) is 4.39 Å². The molecule has 1 aliphatic rings. The number of benzene rings is 3. The molecule has 36 heavy (non-hydrogen) atoms. The largest absolute Gasteiger partial charge is 0.324 e. The van der Waals surface area contributed by atoms with Crippen molar-refractivity contribution in [2.75, 3.05) is 16.8 Å². The molecule has 0 saturated heterocycles. The Balaban J connectivity index is 1.80. The van der Waals surface area contributed by atoms with Crippen LogP contribution in [-0.2, 0) is 16.0 Å². The highest BCUT2D eigenvalue weighted by molar-refractivity contribution is 6.32. The van der Waals surface area contributed by atoms with E-state index in [2.05, 4.69) is 5.32 Å². The Bertz CT molecular complexity index is 1320. The number of halogens is 2. The summed E-state index contributed by atoms with van der Waals surface area (Å²) in [5.74, 6) is -1.21. The van der Waals surface area contributed by atoms with Gasteiger partial charge >= 0.3 is 0 Å². The van der Waals surface area contributed by atoms with E-state index in [9.17, 15) is 14.0 Å². The van der Waals surface area contributed by atoms with Gasteiger partial charge in [-0.1, -0.05) is 69.1 Å². The van der Waals surface area contributed by atoms with Gasteiger partial charge in [-0.05, 0) is 54.3 Å². The van der Waals surface area contributed by atoms with Gasteiger partial charge in [0.05, 0.1) is 11.4 Å². The summed E-state index contributed by atoms with van der Waals surface area (Å²) >= 11 is 6.35. The normalized spacial score (nSPS) is 16.1. The number of carbonyl (C=O) groups is 2. The lowest BCUT2D eigenvalue weighted by Gasteiger charge is -2.27. The van der Waals surface area contributed by atoms with Crippen LogP contribution in [-0.4, -0.2) is 30.1 Å². The van der Waals surface area contributed by atoms with Gasteiger partial charge in [0.1, 0.15) is 18.4 Å². The molecule has 0 aromatic heterocycles. The lowest BCUT2D eigenvalue weighted by atomic mass is 9.97. The summed E-state index contributed by atoms with van der Waals surface area (Å²) in [5.41, 5.74) is 3.33. The van der Waals surface area contributed by atoms with Gasteiger partial charge in [0.25, 0.3) is 5.91 Å². The van der Waals surface area contributed by atoms with Crippen molar-refractivity contribution >= 4 is 40.5 Å². The number of hydrogen-bond acceptors (Lipinski definition) is 3. The minimum Gasteiger partial charge on any atom is -0.324 e. The molecule has 1 N–H and O–H groups in total. The maximum absolute atomic E-state index is 15.0. The van der Waals surface area contributed by atoms with Crippen molar-refractivity contribution in [3.05, 3.63) is 94.3 Å². The van der Waals surface area contributed by atoms with E-state index in [1.54, 1.807) is 36.4 Å². The van der Waals surface area contributed by atoms with Gasteiger partial charge < -0.3 is 10.2 Å². The summed E-state index contributed by atoms with van der Waals surface area (Å²) in [6.45, 7) is 5.72. The summed E-state index contributed by atoms with van der Waals surface area (Å²) in [4.78, 5) is 33.3. The van der Waals surface area contributed by atoms with E-state index >= 15 is 0 Å². The zero-order chi connectivity index (χ0) is 25.8. The number of benzodiazepines with no additional fused rings is 1. The third kappa shape index (κ3) is 5.19. The molecule has 4 rings (SSSR count). The van der Waals surface area contributed by atoms with Gasteiger partial charge in [-0.3, -0.25) is 14.6 Å². The zero-order valence-corrected chi connectivity index (χ0v) is 21.3. The second-order valence-electron chi connectivity index (χ2n) is 8.93. The fraction of sp³-hybridized carbons (Fsp3) is 0.276. The quantitative estimate of drug-likeness (QED) is 0.411. The van der Waals surface area contributed by atoms with E-state index in [0.29, 0.717) is 34.1 Å². The van der Waals surface area contributed by atoms with Crippen LogP contribution in [0.3, 0.4) is 0 Å². The maximum atomic E-state index is 15.0. The van der Waals surface area contributed by atoms with Gasteiger partial charge in [0, 0.05) is 21.8 Å². The number of nitrogens with one attached hydrogen (secondary N) is 1. The number of nitrogens with zero attached hydrogens (tertiary/aromatic N) is 2. The first-order valence-electron chi connectivity index (χ1n) is 12.2. The molecule has 1 aliphatic heterocycles. The van der Waals surface area contributed by atoms with Crippen LogP contribution in [0.4, 0.5) is 15.8 Å². The Morgan fingerprint density at radius 3 is 2.53 bits per heavy atom. The molecule has 0 bridgehead atoms. The molecular weight excluding hydrogens is 477 g/mol. The Morgan fingerprint density at radius 1 is 1.08 bits per heavy atom. The Morgan fingerprint density at radius 2 is 1.81 bits per heavy atom. The summed E-state index contributed by atoms with van der Waals surface area (Å²) in [7, 11) is 0. The molecule has 0 aliphatic carbocycles. The SMILES string of the molecule is CCc1ccccc1NC(=O)CN1C(=O)[C@@H]([C@@H](C)CC)N=C(c2ccccc2F)c2cc(Cl)ccc21. The van der Waals surface area contributed by atoms with Crippen LogP contribution in [0.15, 0.2) is 71.7 Å². The minimum absolute atomic E-state index is 0.129. The van der Waals surface area contributed by atoms with E-state index < -0.39 is 11.9 Å². The van der Waals surface area contributed by atoms with Crippen LogP contribution in [0.5, 0.6) is 0 Å². The summed E-state index contributed by atoms with van der Waals surface area (Å²) in [5, 5.41) is 3.37. The monoisotopic (exact) mass is 505 g/mol. The fourth-order valence-corrected chi connectivity index (χ4v) is 4.56. The molecule has 1 heterocycles. The van der Waals surface area contributed by atoms with Gasteiger partial charge in [-0.15, -0.1) is 0 Å². The minimum atomic E-state index is -0.786. The number of fused-ring (bicyclic) bond motifs is 1. The fourth-order valence-electron chi connectivity index (χ4n) is 4.38. The Kier molecular flexibility index (Phi) is 7.85. The second-order valence-corrected chi connectivity index (χ2v) is 9.37. The number of hydrogen-bond donors (Lipinski definition) is 1. The second kappa shape index (κ2) is 11.0. The van der Waals surface area contributed by atoms with Crippen molar-refractivity contribution in [3.8, 4) is 0 Å². The lowest BCUT2D eigenvalue weighted by Crippen LogP contribution is -2.44. The van der Waals surface area contributed by atoms with Crippen LogP contribution >= 0.6 is 11.6 Å². The Hall–Kier alpha value is -3.51. The van der Waals surface area contributed by atoms with Crippen LogP contribution in [0, 0.1) is 11.7 Å². The number of amides is 2. The predicted octanol–water partition coefficient (Wildman–Crippen LogP) is 6.28. The van der Waals surface area contributed by atoms with E-state index in [0.717, 1.165) is 12.0 Å². The van der Waals surface area contributed by atoms with Crippen LogP contribution in [0.25, 0.3) is 0 Å². The number of anilines is 2. The van der Waals surface area contributed by atoms with E-state index in [1.807, 2.05) is 45.0 Å². The van der Waals surface area contributed by atoms with Crippen molar-refractivity contribution < 1.29 is 14.0 Å².